The summed E-state index contributed by atoms with van der Waals surface area (Å²) in [7, 11) is 0. The Labute approximate surface area is 160 Å². The normalized spacial score (nSPS) is 16.8. The molecule has 2 aliphatic rings. The average Bonchev–Trinajstić information content (AvgIpc) is 2.71. The number of benzene rings is 1. The standard InChI is InChI=1S/C20H17N3O5/c24-13-3-4-15-12(8-13)5-7-23-16(15)9-18(22-20(23)25)26-10-14-11-27-19-17(28-14)2-1-6-21-19/h1-4,6,8-9,14,24H,5,7,10-11H2/t14-/m1/s1. The van der Waals surface area contributed by atoms with Gasteiger partial charge in [-0.1, -0.05) is 0 Å². The van der Waals surface area contributed by atoms with Crippen molar-refractivity contribution in [2.24, 2.45) is 0 Å². The molecule has 1 aromatic carbocycles. The Morgan fingerprint density at radius 1 is 1.29 bits per heavy atom. The van der Waals surface area contributed by atoms with Gasteiger partial charge in [-0.3, -0.25) is 4.57 Å². The van der Waals surface area contributed by atoms with Crippen LogP contribution in [-0.4, -0.2) is 39.0 Å². The van der Waals surface area contributed by atoms with Crippen molar-refractivity contribution in [3.05, 3.63) is 58.6 Å². The summed E-state index contributed by atoms with van der Waals surface area (Å²) in [6.45, 7) is 1.00. The zero-order valence-corrected chi connectivity index (χ0v) is 14.9. The molecule has 0 aliphatic carbocycles. The molecule has 8 nitrogen and oxygen atoms in total. The van der Waals surface area contributed by atoms with Gasteiger partial charge in [-0.15, -0.1) is 0 Å². The molecule has 1 N–H and O–H groups in total. The highest BCUT2D eigenvalue weighted by atomic mass is 16.6. The first-order valence-corrected chi connectivity index (χ1v) is 8.99. The first kappa shape index (κ1) is 16.6. The molecule has 2 aliphatic heterocycles. The molecule has 4 heterocycles. The molecule has 3 aromatic rings. The van der Waals surface area contributed by atoms with Gasteiger partial charge in [-0.2, -0.15) is 4.98 Å². The molecule has 5 rings (SSSR count). The Bertz CT molecular complexity index is 1110. The van der Waals surface area contributed by atoms with Gasteiger partial charge in [0.05, 0.1) is 5.69 Å². The minimum Gasteiger partial charge on any atom is -0.508 e. The molecule has 0 saturated carbocycles. The highest BCUT2D eigenvalue weighted by Gasteiger charge is 2.24. The van der Waals surface area contributed by atoms with E-state index in [1.807, 2.05) is 0 Å². The number of pyridine rings is 1. The number of fused-ring (bicyclic) bond motifs is 4. The minimum atomic E-state index is -0.360. The maximum Gasteiger partial charge on any atom is 0.351 e. The van der Waals surface area contributed by atoms with Crippen molar-refractivity contribution in [3.63, 3.8) is 0 Å². The van der Waals surface area contributed by atoms with E-state index in [1.165, 1.54) is 0 Å². The van der Waals surface area contributed by atoms with Crippen molar-refractivity contribution in [1.29, 1.82) is 0 Å². The van der Waals surface area contributed by atoms with Gasteiger partial charge in [0, 0.05) is 24.4 Å². The van der Waals surface area contributed by atoms with Gasteiger partial charge in [-0.25, -0.2) is 9.78 Å². The Balaban J connectivity index is 1.38. The summed E-state index contributed by atoms with van der Waals surface area (Å²) in [5, 5.41) is 9.71. The summed E-state index contributed by atoms with van der Waals surface area (Å²) in [4.78, 5) is 20.6. The van der Waals surface area contributed by atoms with Crippen molar-refractivity contribution >= 4 is 0 Å². The van der Waals surface area contributed by atoms with Crippen LogP contribution in [-0.2, 0) is 13.0 Å². The van der Waals surface area contributed by atoms with Crippen LogP contribution in [0.5, 0.6) is 23.3 Å². The summed E-state index contributed by atoms with van der Waals surface area (Å²) in [6, 6.07) is 10.4. The SMILES string of the molecule is O=c1nc(OC[C@@H]2COc3ncccc3O2)cc2n1CCc1cc(O)ccc1-2. The molecule has 0 spiro atoms. The van der Waals surface area contributed by atoms with Crippen LogP contribution in [0.3, 0.4) is 0 Å². The molecule has 0 radical (unpaired) electrons. The van der Waals surface area contributed by atoms with E-state index in [9.17, 15) is 9.90 Å². The van der Waals surface area contributed by atoms with Crippen molar-refractivity contribution in [3.8, 4) is 34.5 Å². The third-order valence-electron chi connectivity index (χ3n) is 4.81. The van der Waals surface area contributed by atoms with Crippen LogP contribution in [0.15, 0.2) is 47.4 Å². The van der Waals surface area contributed by atoms with Crippen LogP contribution >= 0.6 is 0 Å². The fourth-order valence-corrected chi connectivity index (χ4v) is 3.49. The van der Waals surface area contributed by atoms with Gasteiger partial charge >= 0.3 is 5.69 Å². The van der Waals surface area contributed by atoms with Gasteiger partial charge < -0.3 is 19.3 Å². The lowest BCUT2D eigenvalue weighted by Gasteiger charge is -2.25. The molecular weight excluding hydrogens is 362 g/mol. The van der Waals surface area contributed by atoms with Crippen molar-refractivity contribution in [1.82, 2.24) is 14.5 Å². The number of phenols is 1. The molecule has 2 aromatic heterocycles. The molecule has 0 bridgehead atoms. The molecule has 0 unspecified atom stereocenters. The van der Waals surface area contributed by atoms with Crippen LogP contribution in [0, 0.1) is 0 Å². The Morgan fingerprint density at radius 2 is 2.21 bits per heavy atom. The predicted molar refractivity (Wildman–Crippen MR) is 98.9 cm³/mol. The van der Waals surface area contributed by atoms with Crippen LogP contribution in [0.2, 0.25) is 0 Å². The zero-order valence-electron chi connectivity index (χ0n) is 14.9. The number of phenolic OH excluding ortho intramolecular Hbond substituents is 1. The average molecular weight is 379 g/mol. The maximum absolute atomic E-state index is 12.4. The van der Waals surface area contributed by atoms with Crippen molar-refractivity contribution in [2.75, 3.05) is 13.2 Å². The number of rotatable bonds is 3. The fourth-order valence-electron chi connectivity index (χ4n) is 3.49. The second-order valence-electron chi connectivity index (χ2n) is 6.67. The number of aryl methyl sites for hydroxylation is 1. The number of aromatic hydroxyl groups is 1. The molecular formula is C20H17N3O5. The molecule has 0 fully saturated rings. The van der Waals surface area contributed by atoms with E-state index in [-0.39, 0.29) is 30.0 Å². The number of hydrogen-bond acceptors (Lipinski definition) is 7. The lowest BCUT2D eigenvalue weighted by atomic mass is 9.97. The second-order valence-corrected chi connectivity index (χ2v) is 6.67. The van der Waals surface area contributed by atoms with Crippen LogP contribution in [0.4, 0.5) is 0 Å². The van der Waals surface area contributed by atoms with Gasteiger partial charge in [0.15, 0.2) is 11.9 Å². The number of aromatic nitrogens is 3. The first-order valence-electron chi connectivity index (χ1n) is 8.99. The lowest BCUT2D eigenvalue weighted by molar-refractivity contribution is 0.0486. The Hall–Kier alpha value is -3.55. The van der Waals surface area contributed by atoms with Gasteiger partial charge in [0.1, 0.15) is 19.0 Å². The molecule has 28 heavy (non-hydrogen) atoms. The zero-order chi connectivity index (χ0) is 19.1. The first-order chi connectivity index (χ1) is 13.7. The number of nitrogens with zero attached hydrogens (tertiary/aromatic N) is 3. The summed E-state index contributed by atoms with van der Waals surface area (Å²) >= 11 is 0. The largest absolute Gasteiger partial charge is 0.508 e. The molecule has 8 heteroatoms. The van der Waals surface area contributed by atoms with Gasteiger partial charge in [-0.05, 0) is 42.3 Å². The maximum atomic E-state index is 12.4. The highest BCUT2D eigenvalue weighted by Crippen LogP contribution is 2.32. The summed E-state index contributed by atoms with van der Waals surface area (Å²) in [6.07, 6.45) is 1.97. The highest BCUT2D eigenvalue weighted by molar-refractivity contribution is 5.67. The van der Waals surface area contributed by atoms with Crippen LogP contribution in [0.1, 0.15) is 5.56 Å². The Morgan fingerprint density at radius 3 is 3.14 bits per heavy atom. The van der Waals surface area contributed by atoms with E-state index in [0.29, 0.717) is 31.2 Å². The molecule has 0 amide bonds. The van der Waals surface area contributed by atoms with Crippen LogP contribution in [0.25, 0.3) is 11.3 Å². The van der Waals surface area contributed by atoms with Gasteiger partial charge in [0.25, 0.3) is 5.88 Å². The summed E-state index contributed by atoms with van der Waals surface area (Å²) in [5.74, 6) is 1.47. The summed E-state index contributed by atoms with van der Waals surface area (Å²) in [5.41, 5.74) is 2.25. The topological polar surface area (TPSA) is 95.7 Å². The van der Waals surface area contributed by atoms with Crippen molar-refractivity contribution in [2.45, 2.75) is 19.1 Å². The third-order valence-corrected chi connectivity index (χ3v) is 4.81. The molecule has 142 valence electrons. The Kier molecular flexibility index (Phi) is 3.89. The molecule has 0 saturated heterocycles. The summed E-state index contributed by atoms with van der Waals surface area (Å²) < 4.78 is 18.8. The fraction of sp³-hybridized carbons (Fsp3) is 0.250. The smallest absolute Gasteiger partial charge is 0.351 e. The second kappa shape index (κ2) is 6.56. The van der Waals surface area contributed by atoms with E-state index in [4.69, 9.17) is 14.2 Å². The quantitative estimate of drug-likeness (QED) is 0.741. The van der Waals surface area contributed by atoms with Crippen molar-refractivity contribution < 1.29 is 19.3 Å². The van der Waals surface area contributed by atoms with E-state index in [1.54, 1.807) is 47.2 Å². The van der Waals surface area contributed by atoms with E-state index in [2.05, 4.69) is 9.97 Å². The van der Waals surface area contributed by atoms with Crippen LogP contribution < -0.4 is 19.9 Å². The number of hydrogen-bond donors (Lipinski definition) is 1. The van der Waals surface area contributed by atoms with E-state index < -0.39 is 0 Å². The number of ether oxygens (including phenoxy) is 3. The van der Waals surface area contributed by atoms with E-state index in [0.717, 1.165) is 16.8 Å². The van der Waals surface area contributed by atoms with E-state index >= 15 is 0 Å². The lowest BCUT2D eigenvalue weighted by Crippen LogP contribution is -2.35. The third kappa shape index (κ3) is 2.92. The predicted octanol–water partition coefficient (Wildman–Crippen LogP) is 1.79. The monoisotopic (exact) mass is 379 g/mol. The van der Waals surface area contributed by atoms with Gasteiger partial charge in [0.2, 0.25) is 5.88 Å². The molecule has 1 atom stereocenters. The minimum absolute atomic E-state index is 0.187.